The maximum absolute atomic E-state index is 9.18. The number of rotatable bonds is 5. The van der Waals surface area contributed by atoms with E-state index in [2.05, 4.69) is 4.52 Å². The van der Waals surface area contributed by atoms with Crippen molar-refractivity contribution in [1.29, 1.82) is 0 Å². The zero-order valence-electron chi connectivity index (χ0n) is 15.9. The number of aromatic nitrogens is 4. The highest BCUT2D eigenvalue weighted by atomic mass is 31.2. The fraction of sp³-hybridized carbons (Fsp3) is 0.600. The molecular formula is C15H29N4O5P. The summed E-state index contributed by atoms with van der Waals surface area (Å²) in [6, 6.07) is 0. The summed E-state index contributed by atoms with van der Waals surface area (Å²) in [4.78, 5) is 18.4. The number of hydrogen-bond donors (Lipinski definition) is 0. The maximum Gasteiger partial charge on any atom is 0.245 e. The zero-order valence-corrected chi connectivity index (χ0v) is 16.8. The van der Waals surface area contributed by atoms with E-state index in [4.69, 9.17) is 9.47 Å². The quantitative estimate of drug-likeness (QED) is 0.520. The van der Waals surface area contributed by atoms with Crippen LogP contribution in [0, 0.1) is 0 Å². The van der Waals surface area contributed by atoms with E-state index >= 15 is 0 Å². The number of methoxy groups -OCH3 is 2. The molecule has 0 radical (unpaired) electrons. The van der Waals surface area contributed by atoms with Gasteiger partial charge >= 0.3 is 0 Å². The van der Waals surface area contributed by atoms with Crippen molar-refractivity contribution in [2.24, 2.45) is 14.1 Å². The van der Waals surface area contributed by atoms with Crippen LogP contribution < -0.4 is 18.9 Å². The van der Waals surface area contributed by atoms with E-state index in [0.717, 1.165) is 7.11 Å². The van der Waals surface area contributed by atoms with E-state index in [1.807, 2.05) is 83.7 Å². The second kappa shape index (κ2) is 12.9. The van der Waals surface area contributed by atoms with Crippen LogP contribution in [0.3, 0.4) is 0 Å². The van der Waals surface area contributed by atoms with E-state index in [0.29, 0.717) is 0 Å². The highest BCUT2D eigenvalue weighted by molar-refractivity contribution is 7.36. The summed E-state index contributed by atoms with van der Waals surface area (Å²) in [6.45, 7) is 4.00. The second-order valence-corrected chi connectivity index (χ2v) is 5.94. The summed E-state index contributed by atoms with van der Waals surface area (Å²) in [5.74, 6) is 0. The molecule has 0 fully saturated rings. The lowest BCUT2D eigenvalue weighted by Crippen LogP contribution is -2.24. The Hall–Kier alpha value is -1.35. The Bertz CT molecular complexity index is 530. The van der Waals surface area contributed by atoms with Gasteiger partial charge in [-0.05, 0) is 0 Å². The highest BCUT2D eigenvalue weighted by Gasteiger charge is 2.07. The van der Waals surface area contributed by atoms with Crippen LogP contribution in [0.5, 0.6) is 0 Å². The molecule has 0 amide bonds. The Morgan fingerprint density at radius 1 is 0.840 bits per heavy atom. The molecule has 0 saturated carbocycles. The van der Waals surface area contributed by atoms with Gasteiger partial charge in [0.25, 0.3) is 0 Å². The van der Waals surface area contributed by atoms with Crippen molar-refractivity contribution in [2.45, 2.75) is 26.3 Å². The molecule has 0 N–H and O–H groups in total. The Labute approximate surface area is 150 Å². The van der Waals surface area contributed by atoms with Crippen LogP contribution in [0.25, 0.3) is 0 Å². The molecular weight excluding hydrogens is 347 g/mol. The van der Waals surface area contributed by atoms with Gasteiger partial charge in [-0.25, -0.2) is 18.3 Å². The fourth-order valence-corrected chi connectivity index (χ4v) is 1.61. The summed E-state index contributed by atoms with van der Waals surface area (Å²) in [7, 11) is 5.87. The van der Waals surface area contributed by atoms with Gasteiger partial charge in [0.15, 0.2) is 12.5 Å². The molecule has 25 heavy (non-hydrogen) atoms. The van der Waals surface area contributed by atoms with Gasteiger partial charge in [0, 0.05) is 35.2 Å². The van der Waals surface area contributed by atoms with E-state index in [9.17, 15) is 9.79 Å². The predicted molar refractivity (Wildman–Crippen MR) is 88.6 cm³/mol. The van der Waals surface area contributed by atoms with Crippen molar-refractivity contribution in [3.8, 4) is 0 Å². The van der Waals surface area contributed by atoms with Gasteiger partial charge in [0.05, 0.1) is 14.1 Å². The first-order valence-corrected chi connectivity index (χ1v) is 8.64. The van der Waals surface area contributed by atoms with Gasteiger partial charge in [-0.3, -0.25) is 0 Å². The van der Waals surface area contributed by atoms with Crippen LogP contribution in [-0.4, -0.2) is 30.5 Å². The third-order valence-corrected chi connectivity index (χ3v) is 3.55. The van der Waals surface area contributed by atoms with Crippen molar-refractivity contribution >= 4 is 8.60 Å². The van der Waals surface area contributed by atoms with Crippen LogP contribution in [0.1, 0.15) is 26.3 Å². The number of hydrogen-bond acceptors (Lipinski definition) is 5. The van der Waals surface area contributed by atoms with Crippen LogP contribution in [0.2, 0.25) is 0 Å². The van der Waals surface area contributed by atoms with Crippen molar-refractivity contribution in [3.05, 3.63) is 37.4 Å². The maximum atomic E-state index is 9.18. The minimum atomic E-state index is -2.60. The van der Waals surface area contributed by atoms with Gasteiger partial charge in [0.1, 0.15) is 24.8 Å². The Morgan fingerprint density at radius 3 is 1.32 bits per heavy atom. The molecule has 2 aromatic rings. The summed E-state index contributed by atoms with van der Waals surface area (Å²) < 4.78 is 21.9. The average molecular weight is 376 g/mol. The highest BCUT2D eigenvalue weighted by Crippen LogP contribution is 2.07. The molecule has 10 heteroatoms. The van der Waals surface area contributed by atoms with E-state index in [-0.39, 0.29) is 12.5 Å². The SMILES string of the molecule is COC(C)n1cc[n+](C)c1.COC(C)n1cc[n+](C)c1.COP([O-])[O-]. The van der Waals surface area contributed by atoms with Crippen molar-refractivity contribution in [2.75, 3.05) is 21.3 Å². The summed E-state index contributed by atoms with van der Waals surface area (Å²) in [6.07, 6.45) is 12.1. The standard InChI is InChI=1S/2C7H13N2O.CH3O3P/c2*1-7(10-3)9-5-4-8(2)6-9;1-4-5(2)3/h2*4-7H,1-3H3;1H3/q2*+1;-2. The number of nitrogens with zero attached hydrogens (tertiary/aromatic N) is 4. The predicted octanol–water partition coefficient (Wildman–Crippen LogP) is -0.465. The third-order valence-electron chi connectivity index (χ3n) is 3.25. The molecule has 2 unspecified atom stereocenters. The van der Waals surface area contributed by atoms with Gasteiger partial charge in [-0.1, -0.05) is 0 Å². The van der Waals surface area contributed by atoms with Crippen molar-refractivity contribution in [3.63, 3.8) is 0 Å². The van der Waals surface area contributed by atoms with Gasteiger partial charge in [0.2, 0.25) is 12.7 Å². The first kappa shape index (κ1) is 23.6. The largest absolute Gasteiger partial charge is 0.820 e. The number of aryl methyl sites for hydroxylation is 2. The number of imidazole rings is 2. The minimum Gasteiger partial charge on any atom is -0.820 e. The molecule has 144 valence electrons. The molecule has 2 heterocycles. The lowest BCUT2D eigenvalue weighted by atomic mass is 10.6. The van der Waals surface area contributed by atoms with E-state index < -0.39 is 8.60 Å². The van der Waals surface area contributed by atoms with Crippen LogP contribution >= 0.6 is 8.60 Å². The number of ether oxygens (including phenoxy) is 2. The van der Waals surface area contributed by atoms with Crippen molar-refractivity contribution in [1.82, 2.24) is 9.13 Å². The van der Waals surface area contributed by atoms with Gasteiger partial charge in [-0.2, -0.15) is 8.60 Å². The Balaban J connectivity index is 0.000000368. The monoisotopic (exact) mass is 376 g/mol. The normalized spacial score (nSPS) is 12.7. The Morgan fingerprint density at radius 2 is 1.16 bits per heavy atom. The molecule has 2 rings (SSSR count). The van der Waals surface area contributed by atoms with Crippen LogP contribution in [0.4, 0.5) is 0 Å². The first-order chi connectivity index (χ1) is 11.7. The topological polar surface area (TPSA) is 91.4 Å². The van der Waals surface area contributed by atoms with Crippen LogP contribution in [0.15, 0.2) is 37.4 Å². The van der Waals surface area contributed by atoms with E-state index in [1.165, 1.54) is 0 Å². The molecule has 0 aliphatic heterocycles. The lowest BCUT2D eigenvalue weighted by molar-refractivity contribution is -0.671. The summed E-state index contributed by atoms with van der Waals surface area (Å²) >= 11 is 0. The second-order valence-electron chi connectivity index (χ2n) is 5.13. The van der Waals surface area contributed by atoms with Crippen LogP contribution in [-0.2, 0) is 28.1 Å². The van der Waals surface area contributed by atoms with Gasteiger partial charge < -0.3 is 23.8 Å². The lowest BCUT2D eigenvalue weighted by Gasteiger charge is -2.25. The smallest absolute Gasteiger partial charge is 0.245 e. The molecule has 0 aromatic carbocycles. The zero-order chi connectivity index (χ0) is 19.4. The third kappa shape index (κ3) is 10.3. The molecule has 9 nitrogen and oxygen atoms in total. The molecule has 0 saturated heterocycles. The fourth-order valence-electron chi connectivity index (χ4n) is 1.61. The Kier molecular flexibility index (Phi) is 12.2. The molecule has 2 atom stereocenters. The molecule has 2 aromatic heterocycles. The molecule has 0 aliphatic carbocycles. The average Bonchev–Trinajstić information content (AvgIpc) is 3.23. The van der Waals surface area contributed by atoms with Crippen molar-refractivity contribution < 1.29 is 32.9 Å². The summed E-state index contributed by atoms with van der Waals surface area (Å²) in [5, 5.41) is 0. The molecule has 0 spiro atoms. The molecule has 0 aliphatic rings. The molecule has 0 bridgehead atoms. The van der Waals surface area contributed by atoms with E-state index in [1.54, 1.807) is 14.2 Å². The summed E-state index contributed by atoms with van der Waals surface area (Å²) in [5.41, 5.74) is 0. The minimum absolute atomic E-state index is 0.126. The first-order valence-electron chi connectivity index (χ1n) is 7.54. The van der Waals surface area contributed by atoms with Gasteiger partial charge in [-0.15, -0.1) is 0 Å².